The van der Waals surface area contributed by atoms with Gasteiger partial charge in [-0.1, -0.05) is 11.6 Å². The number of rotatable bonds is 3. The summed E-state index contributed by atoms with van der Waals surface area (Å²) in [6, 6.07) is 9.48. The van der Waals surface area contributed by atoms with E-state index in [0.29, 0.717) is 16.4 Å². The van der Waals surface area contributed by atoms with E-state index in [9.17, 15) is 19.8 Å². The van der Waals surface area contributed by atoms with E-state index in [4.69, 9.17) is 11.6 Å². The highest BCUT2D eigenvalue weighted by Crippen LogP contribution is 2.30. The van der Waals surface area contributed by atoms with E-state index in [1.165, 1.54) is 30.3 Å². The summed E-state index contributed by atoms with van der Waals surface area (Å²) in [5.74, 6) is -0.823. The number of carbonyl (C=O) groups excluding carboxylic acids is 2. The first-order valence-electron chi connectivity index (χ1n) is 6.86. The number of halogens is 1. The van der Waals surface area contributed by atoms with Crippen LogP contribution in [0.25, 0.3) is 0 Å². The molecule has 23 heavy (non-hydrogen) atoms. The molecule has 6 nitrogen and oxygen atoms in total. The van der Waals surface area contributed by atoms with Crippen molar-refractivity contribution in [2.45, 2.75) is 12.5 Å². The fraction of sp³-hybridized carbons (Fsp3) is 0.125. The summed E-state index contributed by atoms with van der Waals surface area (Å²) in [5.41, 5.74) is 0.718. The molecular formula is C16H13ClN2O4. The van der Waals surface area contributed by atoms with Gasteiger partial charge in [-0.3, -0.25) is 9.59 Å². The first-order chi connectivity index (χ1) is 11.0. The van der Waals surface area contributed by atoms with Gasteiger partial charge in [0.05, 0.1) is 17.8 Å². The Kier molecular flexibility index (Phi) is 3.83. The van der Waals surface area contributed by atoms with Crippen molar-refractivity contribution >= 4 is 34.8 Å². The van der Waals surface area contributed by atoms with Crippen molar-refractivity contribution in [1.29, 1.82) is 0 Å². The number of phenolic OH excluding ortho intramolecular Hbond substituents is 2. The monoisotopic (exact) mass is 332 g/mol. The van der Waals surface area contributed by atoms with Gasteiger partial charge in [-0.2, -0.15) is 0 Å². The molecule has 0 aliphatic carbocycles. The summed E-state index contributed by atoms with van der Waals surface area (Å²) in [4.78, 5) is 25.6. The number of anilines is 2. The minimum Gasteiger partial charge on any atom is -0.508 e. The normalized spacial score (nSPS) is 17.6. The minimum absolute atomic E-state index is 0.0260. The maximum Gasteiger partial charge on any atom is 0.256 e. The zero-order valence-electron chi connectivity index (χ0n) is 11.9. The number of benzene rings is 2. The zero-order valence-corrected chi connectivity index (χ0v) is 12.6. The minimum atomic E-state index is -0.775. The van der Waals surface area contributed by atoms with Crippen LogP contribution in [-0.2, 0) is 9.59 Å². The maximum absolute atomic E-state index is 12.5. The Morgan fingerprint density at radius 1 is 1.09 bits per heavy atom. The number of phenols is 2. The molecule has 2 amide bonds. The molecule has 0 aromatic heterocycles. The zero-order chi connectivity index (χ0) is 16.6. The Morgan fingerprint density at radius 2 is 1.78 bits per heavy atom. The van der Waals surface area contributed by atoms with Gasteiger partial charge in [-0.15, -0.1) is 0 Å². The Labute approximate surface area is 136 Å². The van der Waals surface area contributed by atoms with E-state index in [1.54, 1.807) is 12.1 Å². The summed E-state index contributed by atoms with van der Waals surface area (Å²) >= 11 is 5.76. The molecule has 0 radical (unpaired) electrons. The van der Waals surface area contributed by atoms with Crippen molar-refractivity contribution in [3.8, 4) is 11.5 Å². The molecule has 1 heterocycles. The van der Waals surface area contributed by atoms with Gasteiger partial charge in [-0.25, -0.2) is 4.90 Å². The number of nitrogens with zero attached hydrogens (tertiary/aromatic N) is 1. The number of amides is 2. The molecule has 118 valence electrons. The summed E-state index contributed by atoms with van der Waals surface area (Å²) < 4.78 is 0. The predicted octanol–water partition coefficient (Wildman–Crippen LogP) is 2.50. The molecular weight excluding hydrogens is 320 g/mol. The molecule has 0 saturated carbocycles. The molecule has 3 rings (SSSR count). The standard InChI is InChI=1S/C16H13ClN2O4/c17-9-1-6-12(14(21)7-9)18-13-8-15(22)19(16(13)23)10-2-4-11(20)5-3-10/h1-7,13,18,20-21H,8H2. The van der Waals surface area contributed by atoms with Gasteiger partial charge < -0.3 is 15.5 Å². The molecule has 1 aliphatic rings. The van der Waals surface area contributed by atoms with E-state index in [0.717, 1.165) is 4.90 Å². The van der Waals surface area contributed by atoms with Gasteiger partial charge in [0.1, 0.15) is 17.5 Å². The molecule has 1 aliphatic heterocycles. The molecule has 1 unspecified atom stereocenters. The van der Waals surface area contributed by atoms with E-state index in [-0.39, 0.29) is 23.8 Å². The quantitative estimate of drug-likeness (QED) is 0.593. The fourth-order valence-corrected chi connectivity index (χ4v) is 2.60. The molecule has 2 aromatic carbocycles. The average Bonchev–Trinajstić information content (AvgIpc) is 2.78. The largest absolute Gasteiger partial charge is 0.508 e. The average molecular weight is 333 g/mol. The van der Waals surface area contributed by atoms with Gasteiger partial charge >= 0.3 is 0 Å². The van der Waals surface area contributed by atoms with E-state index in [1.807, 2.05) is 0 Å². The molecule has 1 atom stereocenters. The van der Waals surface area contributed by atoms with Crippen LogP contribution in [0.5, 0.6) is 11.5 Å². The van der Waals surface area contributed by atoms with E-state index >= 15 is 0 Å². The van der Waals surface area contributed by atoms with E-state index < -0.39 is 11.9 Å². The molecule has 3 N–H and O–H groups in total. The molecule has 1 fully saturated rings. The predicted molar refractivity (Wildman–Crippen MR) is 85.7 cm³/mol. The van der Waals surface area contributed by atoms with Crippen LogP contribution < -0.4 is 10.2 Å². The number of hydrogen-bond donors (Lipinski definition) is 3. The Balaban J connectivity index is 1.82. The lowest BCUT2D eigenvalue weighted by Gasteiger charge is -2.16. The first kappa shape index (κ1) is 15.2. The topological polar surface area (TPSA) is 89.9 Å². The Bertz CT molecular complexity index is 776. The molecule has 7 heteroatoms. The third-order valence-electron chi connectivity index (χ3n) is 3.54. The summed E-state index contributed by atoms with van der Waals surface area (Å²) in [5, 5.41) is 22.4. The van der Waals surface area contributed by atoms with Gasteiger partial charge in [0, 0.05) is 11.1 Å². The number of nitrogens with one attached hydrogen (secondary N) is 1. The summed E-state index contributed by atoms with van der Waals surface area (Å²) in [7, 11) is 0. The number of carbonyl (C=O) groups is 2. The van der Waals surface area contributed by atoms with Crippen molar-refractivity contribution in [1.82, 2.24) is 0 Å². The van der Waals surface area contributed by atoms with Gasteiger partial charge in [0.2, 0.25) is 5.91 Å². The van der Waals surface area contributed by atoms with Crippen LogP contribution in [0, 0.1) is 0 Å². The van der Waals surface area contributed by atoms with E-state index in [2.05, 4.69) is 5.32 Å². The third-order valence-corrected chi connectivity index (χ3v) is 3.78. The van der Waals surface area contributed by atoms with Crippen molar-refractivity contribution < 1.29 is 19.8 Å². The lowest BCUT2D eigenvalue weighted by atomic mass is 10.2. The second-order valence-corrected chi connectivity index (χ2v) is 5.58. The SMILES string of the molecule is O=C1CC(Nc2ccc(Cl)cc2O)C(=O)N1c1ccc(O)cc1. The number of hydrogen-bond acceptors (Lipinski definition) is 5. The van der Waals surface area contributed by atoms with Crippen molar-refractivity contribution in [3.05, 3.63) is 47.5 Å². The lowest BCUT2D eigenvalue weighted by molar-refractivity contribution is -0.121. The highest BCUT2D eigenvalue weighted by Gasteiger charge is 2.39. The maximum atomic E-state index is 12.5. The first-order valence-corrected chi connectivity index (χ1v) is 7.24. The molecule has 1 saturated heterocycles. The van der Waals surface area contributed by atoms with Crippen LogP contribution >= 0.6 is 11.6 Å². The Morgan fingerprint density at radius 3 is 2.43 bits per heavy atom. The van der Waals surface area contributed by atoms with Crippen LogP contribution in [0.4, 0.5) is 11.4 Å². The van der Waals surface area contributed by atoms with Gasteiger partial charge in [0.25, 0.3) is 5.91 Å². The van der Waals surface area contributed by atoms with Gasteiger partial charge in [0.15, 0.2) is 0 Å². The van der Waals surface area contributed by atoms with Crippen molar-refractivity contribution in [3.63, 3.8) is 0 Å². The van der Waals surface area contributed by atoms with Gasteiger partial charge in [-0.05, 0) is 36.4 Å². The highest BCUT2D eigenvalue weighted by molar-refractivity contribution is 6.30. The highest BCUT2D eigenvalue weighted by atomic mass is 35.5. The van der Waals surface area contributed by atoms with Crippen LogP contribution in [0.2, 0.25) is 5.02 Å². The fourth-order valence-electron chi connectivity index (χ4n) is 2.43. The third kappa shape index (κ3) is 2.93. The van der Waals surface area contributed by atoms with Crippen molar-refractivity contribution in [2.24, 2.45) is 0 Å². The van der Waals surface area contributed by atoms with Crippen LogP contribution in [-0.4, -0.2) is 28.1 Å². The van der Waals surface area contributed by atoms with Crippen molar-refractivity contribution in [2.75, 3.05) is 10.2 Å². The molecule has 2 aromatic rings. The molecule has 0 bridgehead atoms. The van der Waals surface area contributed by atoms with Crippen LogP contribution in [0.1, 0.15) is 6.42 Å². The van der Waals surface area contributed by atoms with Crippen LogP contribution in [0.15, 0.2) is 42.5 Å². The lowest BCUT2D eigenvalue weighted by Crippen LogP contribution is -2.34. The molecule has 0 spiro atoms. The number of aromatic hydroxyl groups is 2. The summed E-state index contributed by atoms with van der Waals surface area (Å²) in [6.45, 7) is 0. The summed E-state index contributed by atoms with van der Waals surface area (Å²) in [6.07, 6.45) is -0.0260. The second-order valence-electron chi connectivity index (χ2n) is 5.15. The number of imide groups is 1. The Hall–Kier alpha value is -2.73. The van der Waals surface area contributed by atoms with Crippen LogP contribution in [0.3, 0.4) is 0 Å². The smallest absolute Gasteiger partial charge is 0.256 e. The second kappa shape index (κ2) is 5.81.